The summed E-state index contributed by atoms with van der Waals surface area (Å²) in [4.78, 5) is 12.8. The van der Waals surface area contributed by atoms with Crippen LogP contribution in [-0.2, 0) is 4.74 Å². The number of carbonyl (C=O) groups excluding carboxylic acids is 1. The van der Waals surface area contributed by atoms with Crippen molar-refractivity contribution in [2.45, 2.75) is 25.1 Å². The molecule has 0 aromatic heterocycles. The highest BCUT2D eigenvalue weighted by Gasteiger charge is 2.33. The van der Waals surface area contributed by atoms with E-state index in [-0.39, 0.29) is 19.1 Å². The molecule has 2 N–H and O–H groups in total. The zero-order valence-electron chi connectivity index (χ0n) is 10.7. The molecule has 1 heterocycles. The number of hydrogen-bond donors (Lipinski definition) is 2. The van der Waals surface area contributed by atoms with Crippen LogP contribution in [0.1, 0.15) is 12.8 Å². The number of ether oxygens (including phenoxy) is 1. The third-order valence-electron chi connectivity index (χ3n) is 3.10. The summed E-state index contributed by atoms with van der Waals surface area (Å²) in [5.74, 6) is -0.0245. The molecule has 1 aliphatic rings. The number of nitrogens with zero attached hydrogens (tertiary/aromatic N) is 1. The Morgan fingerprint density at radius 2 is 2.16 bits per heavy atom. The lowest BCUT2D eigenvalue weighted by Gasteiger charge is -2.37. The molecule has 2 atom stereocenters. The molecule has 112 valence electrons. The maximum Gasteiger partial charge on any atom is 0.409 e. The lowest BCUT2D eigenvalue weighted by molar-refractivity contribution is -0.127. The first-order valence-electron chi connectivity index (χ1n) is 6.09. The van der Waals surface area contributed by atoms with Gasteiger partial charge in [-0.05, 0) is 18.8 Å². The van der Waals surface area contributed by atoms with Gasteiger partial charge in [-0.2, -0.15) is 13.2 Å². The molecule has 0 radical (unpaired) electrons. The molecule has 19 heavy (non-hydrogen) atoms. The topological polar surface area (TPSA) is 61.8 Å². The number of hydrogen-bond acceptors (Lipinski definition) is 4. The Kier molecular flexibility index (Phi) is 5.86. The summed E-state index contributed by atoms with van der Waals surface area (Å²) in [5, 5.41) is 11.3. The van der Waals surface area contributed by atoms with Crippen LogP contribution in [-0.4, -0.2) is 61.7 Å². The number of likely N-dealkylation sites (tertiary alicyclic amines) is 1. The Morgan fingerprint density at radius 3 is 2.68 bits per heavy atom. The molecule has 2 unspecified atom stereocenters. The minimum atomic E-state index is -4.28. The second-order valence-electron chi connectivity index (χ2n) is 4.68. The van der Waals surface area contributed by atoms with Crippen LogP contribution >= 0.6 is 0 Å². The van der Waals surface area contributed by atoms with Crippen LogP contribution in [0, 0.1) is 5.92 Å². The van der Waals surface area contributed by atoms with E-state index in [0.717, 1.165) is 0 Å². The van der Waals surface area contributed by atoms with E-state index in [0.29, 0.717) is 19.4 Å². The standard InChI is InChI=1S/C11H19F3N2O3/c1-19-10(18)16-5-8(2-3-17)4-9(6-16)15-7-11(12,13)14/h8-9,15,17H,2-7H2,1H3. The predicted molar refractivity (Wildman–Crippen MR) is 61.6 cm³/mol. The molecule has 0 bridgehead atoms. The van der Waals surface area contributed by atoms with Gasteiger partial charge >= 0.3 is 12.3 Å². The van der Waals surface area contributed by atoms with Gasteiger partial charge in [-0.1, -0.05) is 0 Å². The van der Waals surface area contributed by atoms with Crippen LogP contribution in [0.2, 0.25) is 0 Å². The predicted octanol–water partition coefficient (Wildman–Crippen LogP) is 0.978. The van der Waals surface area contributed by atoms with Gasteiger partial charge in [0.2, 0.25) is 0 Å². The minimum absolute atomic E-state index is 0.0245. The molecule has 0 spiro atoms. The van der Waals surface area contributed by atoms with Crippen LogP contribution in [0.25, 0.3) is 0 Å². The molecule has 0 aromatic carbocycles. The van der Waals surface area contributed by atoms with Crippen LogP contribution in [0.15, 0.2) is 0 Å². The van der Waals surface area contributed by atoms with E-state index in [4.69, 9.17) is 5.11 Å². The Hall–Kier alpha value is -1.02. The number of methoxy groups -OCH3 is 1. The van der Waals surface area contributed by atoms with Gasteiger partial charge in [-0.15, -0.1) is 0 Å². The zero-order chi connectivity index (χ0) is 14.5. The molecule has 0 aromatic rings. The number of piperidine rings is 1. The normalized spacial score (nSPS) is 24.4. The third-order valence-corrected chi connectivity index (χ3v) is 3.10. The fourth-order valence-electron chi connectivity index (χ4n) is 2.28. The summed E-state index contributed by atoms with van der Waals surface area (Å²) in [6, 6.07) is -0.439. The van der Waals surface area contributed by atoms with Crippen molar-refractivity contribution in [3.63, 3.8) is 0 Å². The van der Waals surface area contributed by atoms with E-state index >= 15 is 0 Å². The molecule has 1 aliphatic heterocycles. The number of halogens is 3. The molecule has 5 nitrogen and oxygen atoms in total. The largest absolute Gasteiger partial charge is 0.453 e. The van der Waals surface area contributed by atoms with Crippen LogP contribution in [0.3, 0.4) is 0 Å². The second kappa shape index (κ2) is 6.95. The Labute approximate surface area is 109 Å². The van der Waals surface area contributed by atoms with Crippen molar-refractivity contribution in [3.8, 4) is 0 Å². The van der Waals surface area contributed by atoms with Gasteiger partial charge in [0.1, 0.15) is 0 Å². The van der Waals surface area contributed by atoms with Crippen molar-refractivity contribution in [1.82, 2.24) is 10.2 Å². The second-order valence-corrected chi connectivity index (χ2v) is 4.68. The lowest BCUT2D eigenvalue weighted by atomic mass is 9.92. The first-order chi connectivity index (χ1) is 8.85. The molecule has 1 rings (SSSR count). The smallest absolute Gasteiger partial charge is 0.409 e. The van der Waals surface area contributed by atoms with E-state index in [1.54, 1.807) is 0 Å². The lowest BCUT2D eigenvalue weighted by Crippen LogP contribution is -2.52. The van der Waals surface area contributed by atoms with Gasteiger partial charge in [0.05, 0.1) is 13.7 Å². The van der Waals surface area contributed by atoms with Crippen molar-refractivity contribution < 1.29 is 27.8 Å². The first-order valence-corrected chi connectivity index (χ1v) is 6.09. The van der Waals surface area contributed by atoms with Gasteiger partial charge in [-0.3, -0.25) is 0 Å². The van der Waals surface area contributed by atoms with Gasteiger partial charge < -0.3 is 20.1 Å². The number of rotatable bonds is 4. The molecular formula is C11H19F3N2O3. The molecule has 8 heteroatoms. The zero-order valence-corrected chi connectivity index (χ0v) is 10.7. The molecule has 1 fully saturated rings. The van der Waals surface area contributed by atoms with Crippen LogP contribution in [0.4, 0.5) is 18.0 Å². The maximum atomic E-state index is 12.2. The maximum absolute atomic E-state index is 12.2. The monoisotopic (exact) mass is 284 g/mol. The molecule has 0 aliphatic carbocycles. The molecule has 1 saturated heterocycles. The first kappa shape index (κ1) is 16.0. The van der Waals surface area contributed by atoms with Crippen LogP contribution in [0.5, 0.6) is 0 Å². The SMILES string of the molecule is COC(=O)N1CC(CCO)CC(NCC(F)(F)F)C1. The average molecular weight is 284 g/mol. The van der Waals surface area contributed by atoms with Crippen molar-refractivity contribution in [2.75, 3.05) is 33.4 Å². The highest BCUT2D eigenvalue weighted by atomic mass is 19.4. The minimum Gasteiger partial charge on any atom is -0.453 e. The van der Waals surface area contributed by atoms with E-state index < -0.39 is 24.9 Å². The summed E-state index contributed by atoms with van der Waals surface area (Å²) in [6.07, 6.45) is -3.87. The van der Waals surface area contributed by atoms with Crippen LogP contribution < -0.4 is 5.32 Å². The molecule has 1 amide bonds. The summed E-state index contributed by atoms with van der Waals surface area (Å²) < 4.78 is 41.1. The van der Waals surface area contributed by atoms with Crippen molar-refractivity contribution in [2.24, 2.45) is 5.92 Å². The van der Waals surface area contributed by atoms with Gasteiger partial charge in [0.25, 0.3) is 0 Å². The average Bonchev–Trinajstić information content (AvgIpc) is 2.35. The number of amides is 1. The molecule has 0 saturated carbocycles. The molecular weight excluding hydrogens is 265 g/mol. The van der Waals surface area contributed by atoms with E-state index in [1.165, 1.54) is 12.0 Å². The third kappa shape index (κ3) is 5.65. The Balaban J connectivity index is 2.57. The fourth-order valence-corrected chi connectivity index (χ4v) is 2.28. The summed E-state index contributed by atoms with van der Waals surface area (Å²) in [6.45, 7) is -0.549. The summed E-state index contributed by atoms with van der Waals surface area (Å²) >= 11 is 0. The number of alkyl halides is 3. The quantitative estimate of drug-likeness (QED) is 0.808. The van der Waals surface area contributed by atoms with Crippen molar-refractivity contribution >= 4 is 6.09 Å². The highest BCUT2D eigenvalue weighted by molar-refractivity contribution is 5.67. The number of aliphatic hydroxyl groups excluding tert-OH is 1. The number of aliphatic hydroxyl groups is 1. The van der Waals surface area contributed by atoms with Crippen molar-refractivity contribution in [3.05, 3.63) is 0 Å². The van der Waals surface area contributed by atoms with E-state index in [9.17, 15) is 18.0 Å². The van der Waals surface area contributed by atoms with Gasteiger partial charge in [-0.25, -0.2) is 4.79 Å². The fraction of sp³-hybridized carbons (Fsp3) is 0.909. The van der Waals surface area contributed by atoms with E-state index in [1.807, 2.05) is 0 Å². The van der Waals surface area contributed by atoms with Crippen molar-refractivity contribution in [1.29, 1.82) is 0 Å². The highest BCUT2D eigenvalue weighted by Crippen LogP contribution is 2.21. The summed E-state index contributed by atoms with van der Waals surface area (Å²) in [5.41, 5.74) is 0. The van der Waals surface area contributed by atoms with Gasteiger partial charge in [0.15, 0.2) is 0 Å². The van der Waals surface area contributed by atoms with E-state index in [2.05, 4.69) is 10.1 Å². The Bertz CT molecular complexity index is 299. The number of nitrogens with one attached hydrogen (secondary N) is 1. The summed E-state index contributed by atoms with van der Waals surface area (Å²) in [7, 11) is 1.23. The van der Waals surface area contributed by atoms with Gasteiger partial charge in [0, 0.05) is 25.7 Å². The Morgan fingerprint density at radius 1 is 1.47 bits per heavy atom. The number of carbonyl (C=O) groups is 1.